The Kier molecular flexibility index (Phi) is 4.15. The number of carboxylic acids is 1. The highest BCUT2D eigenvalue weighted by atomic mass is 19.1. The van der Waals surface area contributed by atoms with Gasteiger partial charge >= 0.3 is 5.97 Å². The normalized spacial score (nSPS) is 10.7. The summed E-state index contributed by atoms with van der Waals surface area (Å²) in [6, 6.07) is 11.8. The fourth-order valence-electron chi connectivity index (χ4n) is 1.80. The van der Waals surface area contributed by atoms with Crippen molar-refractivity contribution >= 4 is 23.4 Å². The third-order valence-electron chi connectivity index (χ3n) is 2.76. The van der Waals surface area contributed by atoms with Gasteiger partial charge in [-0.2, -0.15) is 0 Å². The Balaban J connectivity index is 2.36. The van der Waals surface area contributed by atoms with E-state index in [2.05, 4.69) is 5.32 Å². The van der Waals surface area contributed by atoms with E-state index in [1.807, 2.05) is 19.1 Å². The zero-order chi connectivity index (χ0) is 14.5. The van der Waals surface area contributed by atoms with Crippen LogP contribution in [0.4, 0.5) is 15.8 Å². The standard InChI is InChI=1S/C16H14FNO2/c1-11-6-8-14(12(10-11)7-9-16(19)20)18-15-5-3-2-4-13(15)17/h2-10,18H,1H3,(H,19,20). The lowest BCUT2D eigenvalue weighted by molar-refractivity contribution is -0.131. The highest BCUT2D eigenvalue weighted by Crippen LogP contribution is 2.25. The number of hydrogen-bond donors (Lipinski definition) is 2. The molecule has 0 spiro atoms. The number of halogens is 1. The molecular weight excluding hydrogens is 257 g/mol. The van der Waals surface area contributed by atoms with Crippen LogP contribution in [0.3, 0.4) is 0 Å². The third kappa shape index (κ3) is 3.45. The number of para-hydroxylation sites is 1. The van der Waals surface area contributed by atoms with Gasteiger partial charge in [0.15, 0.2) is 0 Å². The van der Waals surface area contributed by atoms with Crippen LogP contribution in [0, 0.1) is 12.7 Å². The quantitative estimate of drug-likeness (QED) is 0.827. The summed E-state index contributed by atoms with van der Waals surface area (Å²) in [5.74, 6) is -1.38. The Morgan fingerprint density at radius 1 is 1.20 bits per heavy atom. The average molecular weight is 271 g/mol. The van der Waals surface area contributed by atoms with Crippen molar-refractivity contribution in [2.75, 3.05) is 5.32 Å². The van der Waals surface area contributed by atoms with Crippen LogP contribution in [0.15, 0.2) is 48.5 Å². The molecule has 0 heterocycles. The van der Waals surface area contributed by atoms with Crippen molar-refractivity contribution in [1.82, 2.24) is 0 Å². The fraction of sp³-hybridized carbons (Fsp3) is 0.0625. The van der Waals surface area contributed by atoms with E-state index in [0.717, 1.165) is 11.6 Å². The number of carbonyl (C=O) groups is 1. The average Bonchev–Trinajstić information content (AvgIpc) is 2.41. The van der Waals surface area contributed by atoms with Crippen molar-refractivity contribution in [2.24, 2.45) is 0 Å². The van der Waals surface area contributed by atoms with E-state index in [0.29, 0.717) is 16.9 Å². The van der Waals surface area contributed by atoms with E-state index in [1.54, 1.807) is 24.3 Å². The molecule has 2 N–H and O–H groups in total. The summed E-state index contributed by atoms with van der Waals surface area (Å²) in [4.78, 5) is 10.6. The van der Waals surface area contributed by atoms with Gasteiger partial charge in [-0.3, -0.25) is 0 Å². The molecule has 0 aliphatic heterocycles. The predicted molar refractivity (Wildman–Crippen MR) is 77.5 cm³/mol. The summed E-state index contributed by atoms with van der Waals surface area (Å²) in [6.45, 7) is 1.91. The maximum absolute atomic E-state index is 13.6. The van der Waals surface area contributed by atoms with E-state index < -0.39 is 5.97 Å². The van der Waals surface area contributed by atoms with Crippen LogP contribution >= 0.6 is 0 Å². The molecule has 2 aromatic rings. The maximum Gasteiger partial charge on any atom is 0.328 e. The lowest BCUT2D eigenvalue weighted by Crippen LogP contribution is -1.96. The molecule has 0 fully saturated rings. The van der Waals surface area contributed by atoms with Crippen molar-refractivity contribution in [2.45, 2.75) is 6.92 Å². The Hall–Kier alpha value is -2.62. The van der Waals surface area contributed by atoms with Crippen LogP contribution in [0.5, 0.6) is 0 Å². The Morgan fingerprint density at radius 3 is 2.65 bits per heavy atom. The zero-order valence-electron chi connectivity index (χ0n) is 10.9. The van der Waals surface area contributed by atoms with Crippen LogP contribution in [0.25, 0.3) is 6.08 Å². The Bertz CT molecular complexity index is 665. The number of benzene rings is 2. The van der Waals surface area contributed by atoms with Gasteiger partial charge in [-0.25, -0.2) is 9.18 Å². The van der Waals surface area contributed by atoms with Gasteiger partial charge in [-0.1, -0.05) is 23.8 Å². The molecule has 2 aromatic carbocycles. The molecule has 0 aliphatic rings. The molecule has 0 saturated heterocycles. The zero-order valence-corrected chi connectivity index (χ0v) is 10.9. The highest BCUT2D eigenvalue weighted by Gasteiger charge is 2.05. The first kappa shape index (κ1) is 13.8. The Morgan fingerprint density at radius 2 is 1.95 bits per heavy atom. The maximum atomic E-state index is 13.6. The molecule has 3 nitrogen and oxygen atoms in total. The van der Waals surface area contributed by atoms with Gasteiger partial charge in [0, 0.05) is 11.8 Å². The summed E-state index contributed by atoms with van der Waals surface area (Å²) in [6.07, 6.45) is 2.54. The lowest BCUT2D eigenvalue weighted by atomic mass is 10.1. The molecule has 0 amide bonds. The predicted octanol–water partition coefficient (Wildman–Crippen LogP) is 3.98. The van der Waals surface area contributed by atoms with Gasteiger partial charge in [0.2, 0.25) is 0 Å². The van der Waals surface area contributed by atoms with Gasteiger partial charge in [-0.05, 0) is 42.8 Å². The van der Waals surface area contributed by atoms with E-state index in [4.69, 9.17) is 5.11 Å². The topological polar surface area (TPSA) is 49.3 Å². The van der Waals surface area contributed by atoms with Crippen LogP contribution in [-0.4, -0.2) is 11.1 Å². The van der Waals surface area contributed by atoms with Crippen molar-refractivity contribution < 1.29 is 14.3 Å². The summed E-state index contributed by atoms with van der Waals surface area (Å²) in [5.41, 5.74) is 2.68. The number of carboxylic acid groups (broad SMARTS) is 1. The summed E-state index contributed by atoms with van der Waals surface area (Å²) >= 11 is 0. The van der Waals surface area contributed by atoms with Gasteiger partial charge in [0.25, 0.3) is 0 Å². The molecule has 0 saturated carbocycles. The second-order valence-corrected chi connectivity index (χ2v) is 4.37. The van der Waals surface area contributed by atoms with Crippen molar-refractivity contribution in [3.63, 3.8) is 0 Å². The molecular formula is C16H14FNO2. The van der Waals surface area contributed by atoms with Gasteiger partial charge in [0.05, 0.1) is 5.69 Å². The first-order chi connectivity index (χ1) is 9.56. The van der Waals surface area contributed by atoms with Crippen LogP contribution in [0.2, 0.25) is 0 Å². The van der Waals surface area contributed by atoms with Crippen molar-refractivity contribution in [3.8, 4) is 0 Å². The van der Waals surface area contributed by atoms with Crippen molar-refractivity contribution in [1.29, 1.82) is 0 Å². The summed E-state index contributed by atoms with van der Waals surface area (Å²) < 4.78 is 13.6. The molecule has 2 rings (SSSR count). The molecule has 0 atom stereocenters. The van der Waals surface area contributed by atoms with E-state index in [1.165, 1.54) is 12.1 Å². The van der Waals surface area contributed by atoms with Crippen LogP contribution < -0.4 is 5.32 Å². The minimum absolute atomic E-state index is 0.348. The molecule has 0 bridgehead atoms. The first-order valence-corrected chi connectivity index (χ1v) is 6.09. The summed E-state index contributed by atoms with van der Waals surface area (Å²) in [5, 5.41) is 11.7. The number of aliphatic carboxylic acids is 1. The minimum atomic E-state index is -1.02. The summed E-state index contributed by atoms with van der Waals surface area (Å²) in [7, 11) is 0. The molecule has 0 aromatic heterocycles. The third-order valence-corrected chi connectivity index (χ3v) is 2.76. The number of aryl methyl sites for hydroxylation is 1. The smallest absolute Gasteiger partial charge is 0.328 e. The van der Waals surface area contributed by atoms with Gasteiger partial charge in [-0.15, -0.1) is 0 Å². The monoisotopic (exact) mass is 271 g/mol. The van der Waals surface area contributed by atoms with E-state index >= 15 is 0 Å². The number of rotatable bonds is 4. The number of hydrogen-bond acceptors (Lipinski definition) is 2. The highest BCUT2D eigenvalue weighted by molar-refractivity contribution is 5.87. The second kappa shape index (κ2) is 6.02. The van der Waals surface area contributed by atoms with Crippen LogP contribution in [-0.2, 0) is 4.79 Å². The van der Waals surface area contributed by atoms with E-state index in [9.17, 15) is 9.18 Å². The second-order valence-electron chi connectivity index (χ2n) is 4.37. The Labute approximate surface area is 116 Å². The molecule has 4 heteroatoms. The molecule has 0 aliphatic carbocycles. The molecule has 0 radical (unpaired) electrons. The lowest BCUT2D eigenvalue weighted by Gasteiger charge is -2.11. The number of anilines is 2. The molecule has 102 valence electrons. The minimum Gasteiger partial charge on any atom is -0.478 e. The SMILES string of the molecule is Cc1ccc(Nc2ccccc2F)c(C=CC(=O)O)c1. The number of nitrogens with one attached hydrogen (secondary N) is 1. The van der Waals surface area contributed by atoms with Crippen LogP contribution in [0.1, 0.15) is 11.1 Å². The van der Waals surface area contributed by atoms with Crippen molar-refractivity contribution in [3.05, 3.63) is 65.5 Å². The fourth-order valence-corrected chi connectivity index (χ4v) is 1.80. The molecule has 0 unspecified atom stereocenters. The first-order valence-electron chi connectivity index (χ1n) is 6.09. The molecule has 20 heavy (non-hydrogen) atoms. The largest absolute Gasteiger partial charge is 0.478 e. The van der Waals surface area contributed by atoms with Gasteiger partial charge < -0.3 is 10.4 Å². The van der Waals surface area contributed by atoms with E-state index in [-0.39, 0.29) is 5.82 Å². The van der Waals surface area contributed by atoms with Gasteiger partial charge in [0.1, 0.15) is 5.82 Å².